The van der Waals surface area contributed by atoms with Gasteiger partial charge in [-0.2, -0.15) is 0 Å². The first-order valence-electron chi connectivity index (χ1n) is 9.68. The van der Waals surface area contributed by atoms with Crippen molar-refractivity contribution in [3.63, 3.8) is 0 Å². The van der Waals surface area contributed by atoms with Gasteiger partial charge in [-0.1, -0.05) is 56.3 Å². The molecule has 1 aromatic heterocycles. The number of carbonyl (C=O) groups is 1. The fourth-order valence-corrected chi connectivity index (χ4v) is 3.66. The molecule has 0 spiro atoms. The van der Waals surface area contributed by atoms with E-state index < -0.39 is 0 Å². The number of nitrogens with zero attached hydrogens (tertiary/aromatic N) is 1. The Morgan fingerprint density at radius 1 is 1.11 bits per heavy atom. The fraction of sp³-hybridized carbons (Fsp3) is 0.348. The fourth-order valence-electron chi connectivity index (χ4n) is 3.66. The van der Waals surface area contributed by atoms with E-state index >= 15 is 0 Å². The molecule has 0 aliphatic rings. The summed E-state index contributed by atoms with van der Waals surface area (Å²) < 4.78 is 0. The van der Waals surface area contributed by atoms with Crippen molar-refractivity contribution in [2.24, 2.45) is 0 Å². The highest BCUT2D eigenvalue weighted by molar-refractivity contribution is 5.78. The lowest BCUT2D eigenvalue weighted by Gasteiger charge is -2.29. The zero-order valence-electron chi connectivity index (χ0n) is 16.7. The Bertz CT molecular complexity index is 1010. The maximum absolute atomic E-state index is 12.4. The van der Waals surface area contributed by atoms with Crippen LogP contribution in [0, 0.1) is 0 Å². The van der Waals surface area contributed by atoms with Gasteiger partial charge in [0.25, 0.3) is 5.56 Å². The minimum atomic E-state index is -0.168. The molecule has 0 saturated heterocycles. The van der Waals surface area contributed by atoms with E-state index in [2.05, 4.69) is 41.3 Å². The Kier molecular flexibility index (Phi) is 5.93. The molecule has 0 radical (unpaired) electrons. The molecule has 28 heavy (non-hydrogen) atoms. The van der Waals surface area contributed by atoms with E-state index in [0.717, 1.165) is 6.42 Å². The second-order valence-corrected chi connectivity index (χ2v) is 7.95. The molecule has 5 heteroatoms. The van der Waals surface area contributed by atoms with E-state index in [9.17, 15) is 9.59 Å². The van der Waals surface area contributed by atoms with Gasteiger partial charge in [-0.05, 0) is 36.5 Å². The van der Waals surface area contributed by atoms with Gasteiger partial charge in [0.2, 0.25) is 5.91 Å². The summed E-state index contributed by atoms with van der Waals surface area (Å²) in [5.41, 5.74) is 1.71. The molecule has 0 bridgehead atoms. The Balaban J connectivity index is 1.56. The number of hydrogen-bond acceptors (Lipinski definition) is 3. The van der Waals surface area contributed by atoms with Crippen molar-refractivity contribution in [2.75, 3.05) is 0 Å². The summed E-state index contributed by atoms with van der Waals surface area (Å²) in [5, 5.41) is 3.63. The van der Waals surface area contributed by atoms with E-state index in [1.165, 1.54) is 5.56 Å². The number of amides is 1. The molecular weight excluding hydrogens is 350 g/mol. The number of rotatable bonds is 7. The number of fused-ring (bicyclic) bond motifs is 1. The van der Waals surface area contributed by atoms with Crippen LogP contribution in [0.5, 0.6) is 0 Å². The second kappa shape index (κ2) is 8.38. The molecule has 1 unspecified atom stereocenters. The predicted octanol–water partition coefficient (Wildman–Crippen LogP) is 3.73. The van der Waals surface area contributed by atoms with Crippen LogP contribution in [0.25, 0.3) is 10.9 Å². The summed E-state index contributed by atoms with van der Waals surface area (Å²) >= 11 is 0. The molecule has 5 nitrogen and oxygen atoms in total. The summed E-state index contributed by atoms with van der Waals surface area (Å²) in [4.78, 5) is 31.7. The summed E-state index contributed by atoms with van der Waals surface area (Å²) in [5.74, 6) is 0.503. The highest BCUT2D eigenvalue weighted by Gasteiger charge is 2.24. The van der Waals surface area contributed by atoms with Gasteiger partial charge in [-0.3, -0.25) is 9.59 Å². The maximum atomic E-state index is 12.4. The van der Waals surface area contributed by atoms with Crippen molar-refractivity contribution in [3.8, 4) is 0 Å². The Morgan fingerprint density at radius 2 is 1.79 bits per heavy atom. The lowest BCUT2D eigenvalue weighted by atomic mass is 9.79. The molecule has 3 rings (SSSR count). The zero-order valence-corrected chi connectivity index (χ0v) is 16.7. The number of H-pyrrole nitrogens is 1. The summed E-state index contributed by atoms with van der Waals surface area (Å²) in [6, 6.07) is 17.6. The number of benzene rings is 2. The first-order chi connectivity index (χ1) is 13.3. The summed E-state index contributed by atoms with van der Waals surface area (Å²) in [7, 11) is 0. The van der Waals surface area contributed by atoms with Crippen LogP contribution in [-0.4, -0.2) is 21.9 Å². The van der Waals surface area contributed by atoms with Gasteiger partial charge in [0.15, 0.2) is 0 Å². The smallest absolute Gasteiger partial charge is 0.258 e. The average molecular weight is 377 g/mol. The largest absolute Gasteiger partial charge is 0.354 e. The van der Waals surface area contributed by atoms with Gasteiger partial charge in [0.1, 0.15) is 5.82 Å². The van der Waals surface area contributed by atoms with Gasteiger partial charge < -0.3 is 10.3 Å². The predicted molar refractivity (Wildman–Crippen MR) is 112 cm³/mol. The zero-order chi connectivity index (χ0) is 20.1. The van der Waals surface area contributed by atoms with Crippen LogP contribution >= 0.6 is 0 Å². The molecule has 3 aromatic rings. The molecule has 1 heterocycles. The van der Waals surface area contributed by atoms with Crippen LogP contribution in [-0.2, 0) is 16.6 Å². The van der Waals surface area contributed by atoms with Crippen molar-refractivity contribution in [2.45, 2.75) is 51.5 Å². The van der Waals surface area contributed by atoms with Gasteiger partial charge in [0.05, 0.1) is 10.9 Å². The van der Waals surface area contributed by atoms with E-state index in [1.54, 1.807) is 6.07 Å². The lowest BCUT2D eigenvalue weighted by molar-refractivity contribution is -0.121. The van der Waals surface area contributed by atoms with Crippen molar-refractivity contribution in [3.05, 3.63) is 76.3 Å². The van der Waals surface area contributed by atoms with Gasteiger partial charge in [0, 0.05) is 18.9 Å². The molecule has 146 valence electrons. The number of hydrogen-bond donors (Lipinski definition) is 2. The van der Waals surface area contributed by atoms with Crippen molar-refractivity contribution >= 4 is 16.8 Å². The van der Waals surface area contributed by atoms with Crippen LogP contribution < -0.4 is 10.9 Å². The van der Waals surface area contributed by atoms with Crippen molar-refractivity contribution in [1.29, 1.82) is 0 Å². The molecule has 2 N–H and O–H groups in total. The van der Waals surface area contributed by atoms with Crippen LogP contribution in [0.4, 0.5) is 0 Å². The SMILES string of the molecule is CC(CC(C)(C)c1ccccc1)NC(=O)CCc1nc2ccccc2c(=O)[nH]1. The van der Waals surface area contributed by atoms with Gasteiger partial charge >= 0.3 is 0 Å². The molecule has 0 fully saturated rings. The maximum Gasteiger partial charge on any atom is 0.258 e. The first-order valence-corrected chi connectivity index (χ1v) is 9.68. The van der Waals surface area contributed by atoms with Crippen molar-refractivity contribution in [1.82, 2.24) is 15.3 Å². The molecule has 1 amide bonds. The van der Waals surface area contributed by atoms with Crippen LogP contribution in [0.15, 0.2) is 59.4 Å². The Morgan fingerprint density at radius 3 is 2.54 bits per heavy atom. The third-order valence-corrected chi connectivity index (χ3v) is 5.03. The average Bonchev–Trinajstić information content (AvgIpc) is 2.66. The molecule has 1 atom stereocenters. The van der Waals surface area contributed by atoms with Crippen molar-refractivity contribution < 1.29 is 4.79 Å². The third-order valence-electron chi connectivity index (χ3n) is 5.03. The van der Waals surface area contributed by atoms with E-state index in [4.69, 9.17) is 0 Å². The van der Waals surface area contributed by atoms with Crippen LogP contribution in [0.2, 0.25) is 0 Å². The molecule has 0 saturated carbocycles. The molecule has 0 aliphatic carbocycles. The summed E-state index contributed by atoms with van der Waals surface area (Å²) in [6.45, 7) is 6.40. The van der Waals surface area contributed by atoms with E-state index in [-0.39, 0.29) is 29.3 Å². The third kappa shape index (κ3) is 4.85. The number of nitrogens with one attached hydrogen (secondary N) is 2. The number of carbonyl (C=O) groups excluding carboxylic acids is 1. The van der Waals surface area contributed by atoms with Crippen LogP contribution in [0.1, 0.15) is 45.0 Å². The molecule has 0 aliphatic heterocycles. The number of aromatic amines is 1. The monoisotopic (exact) mass is 377 g/mol. The Labute approximate surface area is 165 Å². The minimum Gasteiger partial charge on any atom is -0.354 e. The highest BCUT2D eigenvalue weighted by Crippen LogP contribution is 2.28. The lowest BCUT2D eigenvalue weighted by Crippen LogP contribution is -2.37. The van der Waals surface area contributed by atoms with Gasteiger partial charge in [-0.25, -0.2) is 4.98 Å². The topological polar surface area (TPSA) is 74.8 Å². The van der Waals surface area contributed by atoms with Crippen LogP contribution in [0.3, 0.4) is 0 Å². The van der Waals surface area contributed by atoms with E-state index in [1.807, 2.05) is 43.3 Å². The number of aromatic nitrogens is 2. The number of para-hydroxylation sites is 1. The first kappa shape index (κ1) is 19.8. The molecule has 2 aromatic carbocycles. The quantitative estimate of drug-likeness (QED) is 0.659. The number of aryl methyl sites for hydroxylation is 1. The summed E-state index contributed by atoms with van der Waals surface area (Å²) in [6.07, 6.45) is 1.53. The highest BCUT2D eigenvalue weighted by atomic mass is 16.1. The minimum absolute atomic E-state index is 0.0287. The molecular formula is C23H27N3O2. The van der Waals surface area contributed by atoms with E-state index in [0.29, 0.717) is 23.1 Å². The second-order valence-electron chi connectivity index (χ2n) is 7.95. The Hall–Kier alpha value is -2.95. The standard InChI is InChI=1S/C23H27N3O2/c1-16(15-23(2,3)17-9-5-4-6-10-17)24-21(27)14-13-20-25-19-12-8-7-11-18(19)22(28)26-20/h4-12,16H,13-15H2,1-3H3,(H,24,27)(H,25,26,28). The normalized spacial score (nSPS) is 12.7. The van der Waals surface area contributed by atoms with Gasteiger partial charge in [-0.15, -0.1) is 0 Å².